The van der Waals surface area contributed by atoms with Gasteiger partial charge in [-0.25, -0.2) is 0 Å². The first-order valence-corrected chi connectivity index (χ1v) is 7.51. The molecule has 0 aliphatic heterocycles. The fourth-order valence-electron chi connectivity index (χ4n) is 3.39. The molecule has 2 aromatic rings. The fourth-order valence-corrected chi connectivity index (χ4v) is 3.39. The van der Waals surface area contributed by atoms with Crippen LogP contribution >= 0.6 is 0 Å². The lowest BCUT2D eigenvalue weighted by molar-refractivity contribution is -0.00443. The molecule has 0 spiro atoms. The maximum absolute atomic E-state index is 11.5. The van der Waals surface area contributed by atoms with E-state index in [1.807, 2.05) is 48.5 Å². The second-order valence-corrected chi connectivity index (χ2v) is 5.68. The molecule has 1 atom stereocenters. The van der Waals surface area contributed by atoms with E-state index < -0.39 is 5.60 Å². The van der Waals surface area contributed by atoms with Crippen LogP contribution in [0.1, 0.15) is 43.4 Å². The Morgan fingerprint density at radius 3 is 2.25 bits per heavy atom. The molecule has 1 aromatic heterocycles. The largest absolute Gasteiger partial charge is 0.378 e. The third kappa shape index (κ3) is 2.36. The van der Waals surface area contributed by atoms with Crippen molar-refractivity contribution in [3.63, 3.8) is 0 Å². The van der Waals surface area contributed by atoms with Crippen molar-refractivity contribution in [2.24, 2.45) is 5.92 Å². The number of hydrogen-bond acceptors (Lipinski definition) is 2. The van der Waals surface area contributed by atoms with Crippen molar-refractivity contribution in [1.82, 2.24) is 4.98 Å². The summed E-state index contributed by atoms with van der Waals surface area (Å²) in [6.45, 7) is 0. The molecule has 1 heterocycles. The highest BCUT2D eigenvalue weighted by atomic mass is 16.3. The summed E-state index contributed by atoms with van der Waals surface area (Å²) in [5.74, 6) is 0.258. The lowest BCUT2D eigenvalue weighted by atomic mass is 9.71. The van der Waals surface area contributed by atoms with Gasteiger partial charge in [0.2, 0.25) is 0 Å². The van der Waals surface area contributed by atoms with Gasteiger partial charge >= 0.3 is 0 Å². The van der Waals surface area contributed by atoms with Crippen molar-refractivity contribution in [1.29, 1.82) is 0 Å². The predicted molar refractivity (Wildman–Crippen MR) is 80.3 cm³/mol. The summed E-state index contributed by atoms with van der Waals surface area (Å²) in [6.07, 6.45) is 7.60. The number of aromatic nitrogens is 1. The zero-order valence-corrected chi connectivity index (χ0v) is 11.7. The van der Waals surface area contributed by atoms with Gasteiger partial charge in [0, 0.05) is 6.20 Å². The Kier molecular flexibility index (Phi) is 3.83. The third-order valence-corrected chi connectivity index (χ3v) is 4.47. The molecule has 1 aliphatic rings. The van der Waals surface area contributed by atoms with Crippen LogP contribution in [0.4, 0.5) is 0 Å². The Balaban J connectivity index is 2.07. The van der Waals surface area contributed by atoms with Crippen LogP contribution < -0.4 is 0 Å². The lowest BCUT2D eigenvalue weighted by Crippen LogP contribution is -2.38. The van der Waals surface area contributed by atoms with Gasteiger partial charge < -0.3 is 5.11 Å². The summed E-state index contributed by atoms with van der Waals surface area (Å²) in [6, 6.07) is 15.8. The minimum Gasteiger partial charge on any atom is -0.378 e. The zero-order valence-electron chi connectivity index (χ0n) is 11.7. The number of nitrogens with zero attached hydrogens (tertiary/aromatic N) is 1. The minimum absolute atomic E-state index is 0.258. The number of pyridine rings is 1. The Labute approximate surface area is 120 Å². The van der Waals surface area contributed by atoms with Gasteiger partial charge in [-0.3, -0.25) is 4.98 Å². The highest BCUT2D eigenvalue weighted by Gasteiger charge is 2.41. The van der Waals surface area contributed by atoms with E-state index in [2.05, 4.69) is 4.98 Å². The van der Waals surface area contributed by atoms with Gasteiger partial charge in [0.05, 0.1) is 5.69 Å². The monoisotopic (exact) mass is 267 g/mol. The summed E-state index contributed by atoms with van der Waals surface area (Å²) < 4.78 is 0. The van der Waals surface area contributed by atoms with Gasteiger partial charge in [0.1, 0.15) is 5.60 Å². The SMILES string of the molecule is OC(c1ccccc1)(c1ccccn1)C1CCCCC1. The van der Waals surface area contributed by atoms with Crippen LogP contribution in [0.25, 0.3) is 0 Å². The van der Waals surface area contributed by atoms with Crippen LogP contribution in [0, 0.1) is 5.92 Å². The van der Waals surface area contributed by atoms with Crippen LogP contribution in [-0.4, -0.2) is 10.1 Å². The Bertz CT molecular complexity index is 492. The van der Waals surface area contributed by atoms with E-state index in [4.69, 9.17) is 0 Å². The van der Waals surface area contributed by atoms with Crippen molar-refractivity contribution in [3.05, 3.63) is 66.0 Å². The minimum atomic E-state index is -0.955. The van der Waals surface area contributed by atoms with Crippen molar-refractivity contribution < 1.29 is 5.11 Å². The number of aliphatic hydroxyl groups is 1. The molecule has 2 nitrogen and oxygen atoms in total. The molecule has 1 unspecified atom stereocenters. The molecule has 104 valence electrons. The van der Waals surface area contributed by atoms with E-state index in [1.165, 1.54) is 19.3 Å². The standard InChI is InChI=1S/C18H21NO/c20-18(15-9-3-1-4-10-15,16-11-5-2-6-12-16)17-13-7-8-14-19-17/h1,3-4,7-10,13-14,16,20H,2,5-6,11-12H2. The van der Waals surface area contributed by atoms with Crippen molar-refractivity contribution in [2.75, 3.05) is 0 Å². The predicted octanol–water partition coefficient (Wildman–Crippen LogP) is 3.90. The quantitative estimate of drug-likeness (QED) is 0.915. The molecule has 2 heteroatoms. The maximum atomic E-state index is 11.5. The first-order valence-electron chi connectivity index (χ1n) is 7.51. The summed E-state index contributed by atoms with van der Waals surface area (Å²) in [5, 5.41) is 11.5. The van der Waals surface area contributed by atoms with Crippen LogP contribution in [-0.2, 0) is 5.60 Å². The normalized spacial score (nSPS) is 19.4. The molecule has 0 bridgehead atoms. The lowest BCUT2D eigenvalue weighted by Gasteiger charge is -2.38. The van der Waals surface area contributed by atoms with Crippen molar-refractivity contribution in [3.8, 4) is 0 Å². The first kappa shape index (κ1) is 13.3. The molecule has 1 aromatic carbocycles. The zero-order chi connectivity index (χ0) is 13.8. The molecule has 3 rings (SSSR count). The van der Waals surface area contributed by atoms with E-state index in [1.54, 1.807) is 6.20 Å². The summed E-state index contributed by atoms with van der Waals surface area (Å²) in [4.78, 5) is 4.45. The topological polar surface area (TPSA) is 33.1 Å². The van der Waals surface area contributed by atoms with Gasteiger partial charge in [-0.1, -0.05) is 55.7 Å². The van der Waals surface area contributed by atoms with E-state index >= 15 is 0 Å². The Morgan fingerprint density at radius 2 is 1.60 bits per heavy atom. The Morgan fingerprint density at radius 1 is 0.900 bits per heavy atom. The third-order valence-electron chi connectivity index (χ3n) is 4.47. The summed E-state index contributed by atoms with van der Waals surface area (Å²) in [7, 11) is 0. The number of hydrogen-bond donors (Lipinski definition) is 1. The molecular weight excluding hydrogens is 246 g/mol. The van der Waals surface area contributed by atoms with E-state index in [9.17, 15) is 5.11 Å². The van der Waals surface area contributed by atoms with E-state index in [0.717, 1.165) is 24.1 Å². The fraction of sp³-hybridized carbons (Fsp3) is 0.389. The summed E-state index contributed by atoms with van der Waals surface area (Å²) in [5.41, 5.74) is 0.784. The smallest absolute Gasteiger partial charge is 0.134 e. The molecule has 20 heavy (non-hydrogen) atoms. The van der Waals surface area contributed by atoms with Gasteiger partial charge in [-0.15, -0.1) is 0 Å². The average Bonchev–Trinajstić information content (AvgIpc) is 2.56. The molecule has 1 N–H and O–H groups in total. The van der Waals surface area contributed by atoms with Crippen molar-refractivity contribution >= 4 is 0 Å². The molecule has 1 fully saturated rings. The first-order chi connectivity index (χ1) is 9.82. The number of rotatable bonds is 3. The molecule has 0 saturated heterocycles. The molecule has 0 radical (unpaired) electrons. The molecule has 1 saturated carbocycles. The van der Waals surface area contributed by atoms with Crippen LogP contribution in [0.2, 0.25) is 0 Å². The van der Waals surface area contributed by atoms with E-state index in [-0.39, 0.29) is 5.92 Å². The van der Waals surface area contributed by atoms with E-state index in [0.29, 0.717) is 0 Å². The van der Waals surface area contributed by atoms with Gasteiger partial charge in [0.15, 0.2) is 0 Å². The second kappa shape index (κ2) is 5.76. The van der Waals surface area contributed by atoms with Crippen LogP contribution in [0.5, 0.6) is 0 Å². The maximum Gasteiger partial charge on any atom is 0.134 e. The van der Waals surface area contributed by atoms with Crippen molar-refractivity contribution in [2.45, 2.75) is 37.7 Å². The van der Waals surface area contributed by atoms with Crippen LogP contribution in [0.15, 0.2) is 54.7 Å². The highest BCUT2D eigenvalue weighted by Crippen LogP contribution is 2.42. The molecule has 1 aliphatic carbocycles. The van der Waals surface area contributed by atoms with Gasteiger partial charge in [-0.2, -0.15) is 0 Å². The number of benzene rings is 1. The highest BCUT2D eigenvalue weighted by molar-refractivity contribution is 5.33. The second-order valence-electron chi connectivity index (χ2n) is 5.68. The van der Waals surface area contributed by atoms with Gasteiger partial charge in [0.25, 0.3) is 0 Å². The van der Waals surface area contributed by atoms with Crippen LogP contribution in [0.3, 0.4) is 0 Å². The molecular formula is C18H21NO. The Hall–Kier alpha value is -1.67. The average molecular weight is 267 g/mol. The molecule has 0 amide bonds. The van der Waals surface area contributed by atoms with Gasteiger partial charge in [-0.05, 0) is 36.5 Å². The summed E-state index contributed by atoms with van der Waals surface area (Å²) >= 11 is 0.